The Morgan fingerprint density at radius 3 is 1.80 bits per heavy atom. The third-order valence-electron chi connectivity index (χ3n) is 0.512. The second-order valence-electron chi connectivity index (χ2n) is 1.30. The number of rotatable bonds is 2. The van der Waals surface area contributed by atoms with Crippen LogP contribution in [0.2, 0.25) is 0 Å². The monoisotopic (exact) mass is 331 g/mol. The zero-order chi connectivity index (χ0) is 7.70. The number of hydrogen-bond acceptors (Lipinski definition) is 4. The Morgan fingerprint density at radius 1 is 1.50 bits per heavy atom. The minimum atomic E-state index is -1.75. The fourth-order valence-electron chi connectivity index (χ4n) is 0.158. The molecule has 10 heavy (non-hydrogen) atoms. The molecule has 66 valence electrons. The van der Waals surface area contributed by atoms with Crippen LogP contribution in [0.15, 0.2) is 0 Å². The summed E-state index contributed by atoms with van der Waals surface area (Å²) in [5, 5.41) is 22.8. The minimum Gasteiger partial charge on any atom is -0.396 e. The van der Waals surface area contributed by atoms with E-state index in [1.807, 2.05) is 0 Å². The van der Waals surface area contributed by atoms with Gasteiger partial charge in [-0.25, -0.2) is 0 Å². The summed E-state index contributed by atoms with van der Waals surface area (Å²) in [5.74, 6) is 0. The van der Waals surface area contributed by atoms with Gasteiger partial charge in [0.05, 0.1) is 5.09 Å². The van der Waals surface area contributed by atoms with Gasteiger partial charge in [-0.15, -0.1) is 0 Å². The molecule has 0 aromatic heterocycles. The molecule has 5 nitrogen and oxygen atoms in total. The maximum atomic E-state index is 8.25. The zero-order valence-corrected chi connectivity index (χ0v) is 7.83. The molecule has 0 aromatic carbocycles. The minimum absolute atomic E-state index is 0. The van der Waals surface area contributed by atoms with Gasteiger partial charge in [0.2, 0.25) is 0 Å². The Morgan fingerprint density at radius 2 is 1.80 bits per heavy atom. The van der Waals surface area contributed by atoms with Crippen LogP contribution in [0.3, 0.4) is 0 Å². The smallest absolute Gasteiger partial charge is 0.0689 e. The van der Waals surface area contributed by atoms with Gasteiger partial charge in [0.1, 0.15) is 0 Å². The van der Waals surface area contributed by atoms with Crippen molar-refractivity contribution in [1.29, 1.82) is 0 Å². The Balaban J connectivity index is -0.0000000910. The van der Waals surface area contributed by atoms with E-state index in [0.717, 1.165) is 12.8 Å². The number of aliphatic hydroxyl groups excluding tert-OH is 1. The molecule has 0 radical (unpaired) electrons. The molecular formula is C4H10NO4Pt-. The topological polar surface area (TPSA) is 86.4 Å². The van der Waals surface area contributed by atoms with Crippen LogP contribution in [0.1, 0.15) is 19.8 Å². The molecule has 0 unspecified atom stereocenters. The first-order valence-electron chi connectivity index (χ1n) is 2.57. The van der Waals surface area contributed by atoms with Gasteiger partial charge in [-0.05, 0) is 6.42 Å². The van der Waals surface area contributed by atoms with Crippen LogP contribution in [0.5, 0.6) is 0 Å². The third kappa shape index (κ3) is 108. The van der Waals surface area contributed by atoms with Gasteiger partial charge in [0.15, 0.2) is 0 Å². The molecule has 6 heteroatoms. The Labute approximate surface area is 73.4 Å². The van der Waals surface area contributed by atoms with E-state index in [-0.39, 0.29) is 21.1 Å². The molecule has 0 aliphatic rings. The van der Waals surface area contributed by atoms with Gasteiger partial charge >= 0.3 is 0 Å². The van der Waals surface area contributed by atoms with Gasteiger partial charge < -0.3 is 20.4 Å². The summed E-state index contributed by atoms with van der Waals surface area (Å²) < 4.78 is 0. The van der Waals surface area contributed by atoms with Crippen LogP contribution >= 0.6 is 0 Å². The average molecular weight is 331 g/mol. The normalized spacial score (nSPS) is 6.60. The van der Waals surface area contributed by atoms with Crippen molar-refractivity contribution in [3.8, 4) is 0 Å². The van der Waals surface area contributed by atoms with Crippen LogP contribution in [0.25, 0.3) is 0 Å². The molecule has 0 spiro atoms. The van der Waals surface area contributed by atoms with E-state index < -0.39 is 5.09 Å². The summed E-state index contributed by atoms with van der Waals surface area (Å²) >= 11 is 0. The number of unbranched alkanes of at least 4 members (excludes halogenated alkanes) is 1. The molecule has 0 aliphatic heterocycles. The first-order chi connectivity index (χ1) is 4.15. The Bertz CT molecular complexity index is 64.3. The van der Waals surface area contributed by atoms with Gasteiger partial charge in [0.25, 0.3) is 0 Å². The van der Waals surface area contributed by atoms with Crippen LogP contribution < -0.4 is 0 Å². The van der Waals surface area contributed by atoms with E-state index in [1.54, 1.807) is 0 Å². The molecule has 0 aromatic rings. The van der Waals surface area contributed by atoms with Crippen LogP contribution in [-0.4, -0.2) is 16.8 Å². The summed E-state index contributed by atoms with van der Waals surface area (Å²) in [7, 11) is 0. The van der Waals surface area contributed by atoms with E-state index in [2.05, 4.69) is 6.92 Å². The molecule has 0 saturated heterocycles. The number of hydrogen-bond donors (Lipinski definition) is 1. The van der Waals surface area contributed by atoms with Crippen LogP contribution in [-0.2, 0) is 21.1 Å². The molecule has 0 amide bonds. The Hall–Kier alpha value is -0.152. The standard InChI is InChI=1S/C4H10O.NO3.Pt/c1-2-3-4-5;2-1(3)4;/h5H,2-4H2,1H3;;/q;-1;. The summed E-state index contributed by atoms with van der Waals surface area (Å²) in [4.78, 5) is 8.25. The van der Waals surface area contributed by atoms with E-state index in [9.17, 15) is 0 Å². The molecule has 0 heterocycles. The van der Waals surface area contributed by atoms with Crippen molar-refractivity contribution in [3.05, 3.63) is 15.3 Å². The van der Waals surface area contributed by atoms with Crippen molar-refractivity contribution >= 4 is 0 Å². The molecule has 0 rings (SSSR count). The third-order valence-corrected chi connectivity index (χ3v) is 0.512. The van der Waals surface area contributed by atoms with Crippen LogP contribution in [0.4, 0.5) is 0 Å². The van der Waals surface area contributed by atoms with Crippen molar-refractivity contribution in [1.82, 2.24) is 0 Å². The second-order valence-corrected chi connectivity index (χ2v) is 1.30. The number of aliphatic hydroxyl groups is 1. The quantitative estimate of drug-likeness (QED) is 0.591. The number of nitrogens with zero attached hydrogens (tertiary/aromatic N) is 1. The zero-order valence-electron chi connectivity index (χ0n) is 5.56. The van der Waals surface area contributed by atoms with Crippen molar-refractivity contribution in [2.45, 2.75) is 19.8 Å². The first-order valence-corrected chi connectivity index (χ1v) is 2.57. The van der Waals surface area contributed by atoms with E-state index in [0.29, 0.717) is 6.61 Å². The van der Waals surface area contributed by atoms with E-state index in [1.165, 1.54) is 0 Å². The SMILES string of the molecule is CCCCO.O=[N+]([O-])[O-].[Pt]. The van der Waals surface area contributed by atoms with Crippen molar-refractivity contribution in [3.63, 3.8) is 0 Å². The fraction of sp³-hybridized carbons (Fsp3) is 1.00. The van der Waals surface area contributed by atoms with Crippen molar-refractivity contribution in [2.24, 2.45) is 0 Å². The average Bonchev–Trinajstić information content (AvgIpc) is 1.66. The van der Waals surface area contributed by atoms with E-state index in [4.69, 9.17) is 20.4 Å². The van der Waals surface area contributed by atoms with Crippen LogP contribution in [0, 0.1) is 15.3 Å². The van der Waals surface area contributed by atoms with Crippen molar-refractivity contribution < 1.29 is 31.3 Å². The summed E-state index contributed by atoms with van der Waals surface area (Å²) in [6.07, 6.45) is 2.04. The Kier molecular flexibility index (Phi) is 26.2. The van der Waals surface area contributed by atoms with E-state index >= 15 is 0 Å². The summed E-state index contributed by atoms with van der Waals surface area (Å²) in [6, 6.07) is 0. The predicted octanol–water partition coefficient (Wildman–Crippen LogP) is 0.537. The molecule has 0 bridgehead atoms. The van der Waals surface area contributed by atoms with Gasteiger partial charge in [0, 0.05) is 27.7 Å². The molecule has 1 N–H and O–H groups in total. The molecule has 0 fully saturated rings. The maximum absolute atomic E-state index is 8.25. The van der Waals surface area contributed by atoms with Crippen molar-refractivity contribution in [2.75, 3.05) is 6.61 Å². The summed E-state index contributed by atoms with van der Waals surface area (Å²) in [6.45, 7) is 2.40. The molecule has 0 atom stereocenters. The fourth-order valence-corrected chi connectivity index (χ4v) is 0.158. The maximum Gasteiger partial charge on any atom is 0.0689 e. The van der Waals surface area contributed by atoms with Gasteiger partial charge in [-0.1, -0.05) is 13.3 Å². The molecular weight excluding hydrogens is 321 g/mol. The molecule has 0 aliphatic carbocycles. The molecule has 0 saturated carbocycles. The van der Waals surface area contributed by atoms with Gasteiger partial charge in [-0.2, -0.15) is 0 Å². The second kappa shape index (κ2) is 15.9. The predicted molar refractivity (Wildman–Crippen MR) is 32.4 cm³/mol. The largest absolute Gasteiger partial charge is 0.396 e. The first kappa shape index (κ1) is 16.4. The summed E-state index contributed by atoms with van der Waals surface area (Å²) in [5.41, 5.74) is 0. The van der Waals surface area contributed by atoms with Gasteiger partial charge in [-0.3, -0.25) is 0 Å².